The van der Waals surface area contributed by atoms with Gasteiger partial charge in [0.05, 0.1) is 0 Å². The average molecular weight is 261 g/mol. The number of nitrogens with zero attached hydrogens (tertiary/aromatic N) is 2. The summed E-state index contributed by atoms with van der Waals surface area (Å²) in [5.74, 6) is -1.85. The van der Waals surface area contributed by atoms with Crippen molar-refractivity contribution in [3.8, 4) is 0 Å². The molecule has 0 N–H and O–H groups in total. The van der Waals surface area contributed by atoms with Crippen molar-refractivity contribution in [3.63, 3.8) is 0 Å². The third-order valence-corrected chi connectivity index (χ3v) is 3.45. The van der Waals surface area contributed by atoms with Gasteiger partial charge in [0, 0.05) is 25.9 Å². The fourth-order valence-corrected chi connectivity index (χ4v) is 2.11. The third-order valence-electron chi connectivity index (χ3n) is 3.06. The molecule has 1 aromatic rings. The molecule has 1 aliphatic heterocycles. The maximum atomic E-state index is 13.2. The molecule has 0 amide bonds. The van der Waals surface area contributed by atoms with Crippen molar-refractivity contribution in [2.24, 2.45) is 0 Å². The van der Waals surface area contributed by atoms with Crippen LogP contribution in [-0.4, -0.2) is 24.0 Å². The van der Waals surface area contributed by atoms with Gasteiger partial charge in [-0.05, 0) is 25.0 Å². The van der Waals surface area contributed by atoms with Crippen LogP contribution >= 0.6 is 11.6 Å². The molecule has 0 aromatic carbocycles. The highest BCUT2D eigenvalue weighted by Gasteiger charge is 2.31. The normalized spacial score (nSPS) is 20.1. The van der Waals surface area contributed by atoms with Crippen LogP contribution in [0.5, 0.6) is 0 Å². The first-order valence-electron chi connectivity index (χ1n) is 5.74. The Bertz CT molecular complexity index is 409. The molecule has 1 fully saturated rings. The van der Waals surface area contributed by atoms with Crippen molar-refractivity contribution in [3.05, 3.63) is 22.8 Å². The van der Waals surface area contributed by atoms with E-state index in [1.165, 1.54) is 0 Å². The Morgan fingerprint density at radius 3 is 2.76 bits per heavy atom. The largest absolute Gasteiger partial charge is 0.356 e. The van der Waals surface area contributed by atoms with E-state index < -0.39 is 5.92 Å². The molecule has 1 aliphatic rings. The van der Waals surface area contributed by atoms with E-state index in [9.17, 15) is 8.78 Å². The summed E-state index contributed by atoms with van der Waals surface area (Å²) in [5.41, 5.74) is 0.899. The van der Waals surface area contributed by atoms with Gasteiger partial charge in [-0.25, -0.2) is 13.8 Å². The highest BCUT2D eigenvalue weighted by atomic mass is 35.5. The van der Waals surface area contributed by atoms with Gasteiger partial charge in [-0.15, -0.1) is 0 Å². The molecule has 2 rings (SSSR count). The number of hydrogen-bond acceptors (Lipinski definition) is 2. The van der Waals surface area contributed by atoms with Crippen LogP contribution in [-0.2, 0) is 0 Å². The molecule has 0 aliphatic carbocycles. The van der Waals surface area contributed by atoms with E-state index in [4.69, 9.17) is 11.6 Å². The summed E-state index contributed by atoms with van der Waals surface area (Å²) < 4.78 is 26.4. The molecule has 0 unspecified atom stereocenters. The molecule has 0 saturated carbocycles. The lowest BCUT2D eigenvalue weighted by molar-refractivity contribution is -0.0102. The Balaban J connectivity index is 2.14. The quantitative estimate of drug-likeness (QED) is 0.717. The smallest absolute Gasteiger partial charge is 0.249 e. The fourth-order valence-electron chi connectivity index (χ4n) is 1.96. The number of rotatable bonds is 1. The second-order valence-electron chi connectivity index (χ2n) is 4.47. The van der Waals surface area contributed by atoms with E-state index in [-0.39, 0.29) is 12.8 Å². The fraction of sp³-hybridized carbons (Fsp3) is 0.583. The Hall–Kier alpha value is -0.900. The van der Waals surface area contributed by atoms with Crippen molar-refractivity contribution >= 4 is 17.4 Å². The molecule has 0 bridgehead atoms. The van der Waals surface area contributed by atoms with Crippen molar-refractivity contribution in [2.75, 3.05) is 18.0 Å². The first kappa shape index (κ1) is 12.6. The summed E-state index contributed by atoms with van der Waals surface area (Å²) in [7, 11) is 0. The maximum absolute atomic E-state index is 13.2. The van der Waals surface area contributed by atoms with Crippen molar-refractivity contribution < 1.29 is 8.78 Å². The number of halogens is 3. The van der Waals surface area contributed by atoms with Crippen molar-refractivity contribution in [2.45, 2.75) is 32.1 Å². The molecule has 2 nitrogen and oxygen atoms in total. The second kappa shape index (κ2) is 4.77. The van der Waals surface area contributed by atoms with Gasteiger partial charge in [-0.2, -0.15) is 0 Å². The lowest BCUT2D eigenvalue weighted by Gasteiger charge is -2.21. The summed E-state index contributed by atoms with van der Waals surface area (Å²) in [6.45, 7) is 2.82. The van der Waals surface area contributed by atoms with Crippen LogP contribution in [0.25, 0.3) is 0 Å². The number of aryl methyl sites for hydroxylation is 1. The third kappa shape index (κ3) is 3.06. The molecule has 5 heteroatoms. The molecule has 0 radical (unpaired) electrons. The molecule has 17 heavy (non-hydrogen) atoms. The monoisotopic (exact) mass is 260 g/mol. The van der Waals surface area contributed by atoms with Crippen LogP contribution in [0.1, 0.15) is 24.8 Å². The summed E-state index contributed by atoms with van der Waals surface area (Å²) >= 11 is 5.94. The lowest BCUT2D eigenvalue weighted by atomic mass is 10.1. The minimum Gasteiger partial charge on any atom is -0.356 e. The molecule has 94 valence electrons. The van der Waals surface area contributed by atoms with Crippen LogP contribution in [0, 0.1) is 6.92 Å². The van der Waals surface area contributed by atoms with E-state index in [2.05, 4.69) is 4.98 Å². The number of hydrogen-bond donors (Lipinski definition) is 0. The van der Waals surface area contributed by atoms with Gasteiger partial charge in [0.15, 0.2) is 0 Å². The zero-order valence-electron chi connectivity index (χ0n) is 9.72. The first-order valence-corrected chi connectivity index (χ1v) is 6.12. The summed E-state index contributed by atoms with van der Waals surface area (Å²) in [6, 6.07) is 3.71. The van der Waals surface area contributed by atoms with E-state index in [1.807, 2.05) is 24.0 Å². The van der Waals surface area contributed by atoms with E-state index in [0.29, 0.717) is 30.5 Å². The molecule has 0 atom stereocenters. The van der Waals surface area contributed by atoms with E-state index in [1.54, 1.807) is 0 Å². The van der Waals surface area contributed by atoms with Gasteiger partial charge in [-0.1, -0.05) is 17.7 Å². The van der Waals surface area contributed by atoms with Gasteiger partial charge in [0.2, 0.25) is 5.92 Å². The maximum Gasteiger partial charge on any atom is 0.249 e. The van der Waals surface area contributed by atoms with E-state index >= 15 is 0 Å². The highest BCUT2D eigenvalue weighted by molar-refractivity contribution is 6.30. The predicted molar refractivity (Wildman–Crippen MR) is 65.0 cm³/mol. The van der Waals surface area contributed by atoms with Gasteiger partial charge < -0.3 is 4.90 Å². The summed E-state index contributed by atoms with van der Waals surface area (Å²) in [6.07, 6.45) is 0.337. The minimum atomic E-state index is -2.54. The summed E-state index contributed by atoms with van der Waals surface area (Å²) in [4.78, 5) is 6.11. The molecule has 1 saturated heterocycles. The molecular formula is C12H15ClF2N2. The number of aromatic nitrogens is 1. The number of alkyl halides is 2. The first-order chi connectivity index (χ1) is 7.98. The Morgan fingerprint density at radius 2 is 2.06 bits per heavy atom. The average Bonchev–Trinajstić information content (AvgIpc) is 2.44. The predicted octanol–water partition coefficient (Wildman–Crippen LogP) is 3.67. The van der Waals surface area contributed by atoms with Crippen molar-refractivity contribution in [1.29, 1.82) is 0 Å². The summed E-state index contributed by atoms with van der Waals surface area (Å²) in [5, 5.41) is 0.443. The highest BCUT2D eigenvalue weighted by Crippen LogP contribution is 2.29. The van der Waals surface area contributed by atoms with Crippen molar-refractivity contribution in [1.82, 2.24) is 4.98 Å². The Morgan fingerprint density at radius 1 is 1.29 bits per heavy atom. The van der Waals surface area contributed by atoms with E-state index in [0.717, 1.165) is 5.56 Å². The van der Waals surface area contributed by atoms with Gasteiger partial charge >= 0.3 is 0 Å². The second-order valence-corrected chi connectivity index (χ2v) is 4.83. The Kier molecular flexibility index (Phi) is 3.52. The topological polar surface area (TPSA) is 16.1 Å². The standard InChI is InChI=1S/C12H15ClF2N2/c1-9-3-4-10(16-11(9)13)17-7-2-5-12(14,15)6-8-17/h3-4H,2,5-8H2,1H3. The van der Waals surface area contributed by atoms with Gasteiger partial charge in [-0.3, -0.25) is 0 Å². The number of anilines is 1. The zero-order chi connectivity index (χ0) is 12.5. The van der Waals surface area contributed by atoms with Gasteiger partial charge in [0.25, 0.3) is 0 Å². The Labute approximate surface area is 105 Å². The molecular weight excluding hydrogens is 246 g/mol. The number of pyridine rings is 1. The van der Waals surface area contributed by atoms with Crippen LogP contribution in [0.3, 0.4) is 0 Å². The minimum absolute atomic E-state index is 0.0386. The zero-order valence-corrected chi connectivity index (χ0v) is 10.5. The van der Waals surface area contributed by atoms with Gasteiger partial charge in [0.1, 0.15) is 11.0 Å². The molecule has 2 heterocycles. The SMILES string of the molecule is Cc1ccc(N2CCCC(F)(F)CC2)nc1Cl. The van der Waals surface area contributed by atoms with Crippen LogP contribution in [0.4, 0.5) is 14.6 Å². The molecule has 0 spiro atoms. The molecule has 1 aromatic heterocycles. The lowest BCUT2D eigenvalue weighted by Crippen LogP contribution is -2.26. The van der Waals surface area contributed by atoms with Crippen LogP contribution in [0.2, 0.25) is 5.15 Å². The van der Waals surface area contributed by atoms with Crippen LogP contribution < -0.4 is 4.90 Å². The van der Waals surface area contributed by atoms with Crippen LogP contribution in [0.15, 0.2) is 12.1 Å².